The van der Waals surface area contributed by atoms with E-state index in [9.17, 15) is 14.9 Å². The van der Waals surface area contributed by atoms with Crippen LogP contribution in [0.4, 0.5) is 11.4 Å². The number of non-ortho nitro benzene ring substituents is 1. The van der Waals surface area contributed by atoms with Crippen molar-refractivity contribution in [3.63, 3.8) is 0 Å². The molecule has 1 N–H and O–H groups in total. The molecule has 0 saturated carbocycles. The Balaban J connectivity index is 1.61. The number of nitrogens with zero attached hydrogens (tertiary/aromatic N) is 8. The number of nitrogens with one attached hydrogen (secondary N) is 1. The van der Waals surface area contributed by atoms with Crippen LogP contribution in [0, 0.1) is 30.9 Å². The van der Waals surface area contributed by atoms with Crippen LogP contribution >= 0.6 is 0 Å². The average Bonchev–Trinajstić information content (AvgIpc) is 3.35. The summed E-state index contributed by atoms with van der Waals surface area (Å²) in [7, 11) is 0. The minimum absolute atomic E-state index is 0.0801. The fourth-order valence-corrected chi connectivity index (χ4v) is 3.08. The first-order valence-electron chi connectivity index (χ1n) is 9.19. The van der Waals surface area contributed by atoms with E-state index in [0.29, 0.717) is 22.9 Å². The van der Waals surface area contributed by atoms with Crippen molar-refractivity contribution in [3.8, 4) is 11.4 Å². The van der Waals surface area contributed by atoms with Gasteiger partial charge in [-0.15, -0.1) is 10.2 Å². The SMILES string of the molecule is Cc1ccc(NC(=O)c2nnn(-c3cccc([N+](=O)[O-])c3)c2C)cc1-n1nnnc1C. The molecule has 2 aromatic carbocycles. The molecule has 0 fully saturated rings. The van der Waals surface area contributed by atoms with Crippen molar-refractivity contribution in [2.45, 2.75) is 20.8 Å². The van der Waals surface area contributed by atoms with E-state index in [1.165, 1.54) is 16.8 Å². The molecule has 1 amide bonds. The Hall–Kier alpha value is -4.48. The van der Waals surface area contributed by atoms with Crippen LogP contribution in [0.5, 0.6) is 0 Å². The molecule has 2 heterocycles. The zero-order chi connectivity index (χ0) is 22.1. The second-order valence-electron chi connectivity index (χ2n) is 6.81. The molecule has 12 nitrogen and oxygen atoms in total. The molecule has 0 atom stereocenters. The second-order valence-corrected chi connectivity index (χ2v) is 6.81. The van der Waals surface area contributed by atoms with E-state index in [1.54, 1.807) is 42.8 Å². The van der Waals surface area contributed by atoms with Gasteiger partial charge in [-0.25, -0.2) is 4.68 Å². The third-order valence-electron chi connectivity index (χ3n) is 4.72. The first-order chi connectivity index (χ1) is 14.8. The van der Waals surface area contributed by atoms with Crippen LogP contribution in [0.2, 0.25) is 0 Å². The molecule has 4 rings (SSSR count). The second kappa shape index (κ2) is 7.74. The maximum atomic E-state index is 12.8. The topological polar surface area (TPSA) is 147 Å². The number of carbonyl (C=O) groups excluding carboxylic acids is 1. The molecule has 0 aliphatic carbocycles. The molecule has 31 heavy (non-hydrogen) atoms. The molecular formula is C19H17N9O3. The number of benzene rings is 2. The number of nitro groups is 1. The van der Waals surface area contributed by atoms with Crippen molar-refractivity contribution in [1.29, 1.82) is 0 Å². The minimum Gasteiger partial charge on any atom is -0.320 e. The van der Waals surface area contributed by atoms with Crippen LogP contribution in [-0.2, 0) is 0 Å². The van der Waals surface area contributed by atoms with Gasteiger partial charge in [0.25, 0.3) is 11.6 Å². The molecule has 0 radical (unpaired) electrons. The van der Waals surface area contributed by atoms with E-state index in [0.717, 1.165) is 11.3 Å². The summed E-state index contributed by atoms with van der Waals surface area (Å²) < 4.78 is 2.96. The molecule has 12 heteroatoms. The van der Waals surface area contributed by atoms with Crippen molar-refractivity contribution in [1.82, 2.24) is 35.2 Å². The van der Waals surface area contributed by atoms with Crippen molar-refractivity contribution in [2.75, 3.05) is 5.32 Å². The molecule has 0 aliphatic heterocycles. The quantitative estimate of drug-likeness (QED) is 0.383. The monoisotopic (exact) mass is 419 g/mol. The van der Waals surface area contributed by atoms with Crippen LogP contribution in [0.15, 0.2) is 42.5 Å². The van der Waals surface area contributed by atoms with Gasteiger partial charge in [-0.3, -0.25) is 14.9 Å². The number of amides is 1. The highest BCUT2D eigenvalue weighted by Crippen LogP contribution is 2.21. The van der Waals surface area contributed by atoms with Crippen LogP contribution in [0.1, 0.15) is 27.6 Å². The van der Waals surface area contributed by atoms with Crippen molar-refractivity contribution in [3.05, 3.63) is 75.4 Å². The van der Waals surface area contributed by atoms with Gasteiger partial charge in [-0.05, 0) is 55.0 Å². The van der Waals surface area contributed by atoms with E-state index < -0.39 is 10.8 Å². The number of anilines is 1. The van der Waals surface area contributed by atoms with Gasteiger partial charge in [-0.2, -0.15) is 4.68 Å². The maximum absolute atomic E-state index is 12.8. The summed E-state index contributed by atoms with van der Waals surface area (Å²) in [6.07, 6.45) is 0. The van der Waals surface area contributed by atoms with Crippen LogP contribution < -0.4 is 5.32 Å². The summed E-state index contributed by atoms with van der Waals surface area (Å²) in [5.74, 6) is 0.153. The van der Waals surface area contributed by atoms with Gasteiger partial charge in [0, 0.05) is 17.8 Å². The Labute approximate surface area is 175 Å². The van der Waals surface area contributed by atoms with Gasteiger partial charge in [0.15, 0.2) is 11.5 Å². The summed E-state index contributed by atoms with van der Waals surface area (Å²) in [5, 5.41) is 33.3. The van der Waals surface area contributed by atoms with Crippen molar-refractivity contribution >= 4 is 17.3 Å². The summed E-state index contributed by atoms with van der Waals surface area (Å²) in [5.41, 5.74) is 3.10. The van der Waals surface area contributed by atoms with Crippen LogP contribution in [-0.4, -0.2) is 46.0 Å². The lowest BCUT2D eigenvalue weighted by Gasteiger charge is -2.10. The molecule has 0 saturated heterocycles. The Morgan fingerprint density at radius 1 is 1.03 bits per heavy atom. The number of carbonyl (C=O) groups is 1. The number of hydrogen-bond acceptors (Lipinski definition) is 8. The predicted octanol–water partition coefficient (Wildman–Crippen LogP) is 2.33. The lowest BCUT2D eigenvalue weighted by atomic mass is 10.1. The molecule has 0 bridgehead atoms. The zero-order valence-corrected chi connectivity index (χ0v) is 16.8. The number of tetrazole rings is 1. The lowest BCUT2D eigenvalue weighted by molar-refractivity contribution is -0.384. The van der Waals surface area contributed by atoms with E-state index >= 15 is 0 Å². The summed E-state index contributed by atoms with van der Waals surface area (Å²) >= 11 is 0. The third-order valence-corrected chi connectivity index (χ3v) is 4.72. The van der Waals surface area contributed by atoms with Gasteiger partial charge in [0.1, 0.15) is 0 Å². The number of aromatic nitrogens is 7. The Kier molecular flexibility index (Phi) is 4.95. The molecule has 2 aromatic heterocycles. The normalized spacial score (nSPS) is 10.8. The number of hydrogen-bond donors (Lipinski definition) is 1. The molecular weight excluding hydrogens is 402 g/mol. The number of nitro benzene ring substituents is 1. The fourth-order valence-electron chi connectivity index (χ4n) is 3.08. The third kappa shape index (κ3) is 3.73. The van der Waals surface area contributed by atoms with Crippen molar-refractivity contribution < 1.29 is 9.72 Å². The van der Waals surface area contributed by atoms with Crippen LogP contribution in [0.3, 0.4) is 0 Å². The first kappa shape index (κ1) is 19.8. The van der Waals surface area contributed by atoms with Gasteiger partial charge in [0.2, 0.25) is 0 Å². The van der Waals surface area contributed by atoms with Gasteiger partial charge < -0.3 is 5.32 Å². The van der Waals surface area contributed by atoms with E-state index in [1.807, 2.05) is 13.0 Å². The first-order valence-corrected chi connectivity index (χ1v) is 9.19. The smallest absolute Gasteiger partial charge is 0.278 e. The maximum Gasteiger partial charge on any atom is 0.278 e. The highest BCUT2D eigenvalue weighted by Gasteiger charge is 2.19. The summed E-state index contributed by atoms with van der Waals surface area (Å²) in [6, 6.07) is 11.3. The molecule has 156 valence electrons. The van der Waals surface area contributed by atoms with Gasteiger partial charge in [0.05, 0.1) is 22.0 Å². The standard InChI is InChI=1S/C19H17N9O3/c1-11-7-8-14(9-17(11)27-13(3)21-23-25-27)20-19(29)18-12(2)26(24-22-18)15-5-4-6-16(10-15)28(30)31/h4-10H,1-3H3,(H,20,29). The van der Waals surface area contributed by atoms with E-state index in [-0.39, 0.29) is 11.4 Å². The minimum atomic E-state index is -0.495. The number of rotatable bonds is 5. The number of aryl methyl sites for hydroxylation is 2. The Morgan fingerprint density at radius 3 is 2.55 bits per heavy atom. The largest absolute Gasteiger partial charge is 0.320 e. The summed E-state index contributed by atoms with van der Waals surface area (Å²) in [6.45, 7) is 5.36. The highest BCUT2D eigenvalue weighted by atomic mass is 16.6. The van der Waals surface area contributed by atoms with E-state index in [2.05, 4.69) is 31.2 Å². The Bertz CT molecular complexity index is 1310. The van der Waals surface area contributed by atoms with Gasteiger partial charge in [-0.1, -0.05) is 17.3 Å². The van der Waals surface area contributed by atoms with Crippen LogP contribution in [0.25, 0.3) is 11.4 Å². The van der Waals surface area contributed by atoms with Gasteiger partial charge >= 0.3 is 0 Å². The molecule has 0 unspecified atom stereocenters. The summed E-state index contributed by atoms with van der Waals surface area (Å²) in [4.78, 5) is 23.4. The average molecular weight is 419 g/mol. The van der Waals surface area contributed by atoms with Crippen molar-refractivity contribution in [2.24, 2.45) is 0 Å². The zero-order valence-electron chi connectivity index (χ0n) is 16.8. The highest BCUT2D eigenvalue weighted by molar-refractivity contribution is 6.03. The fraction of sp³-hybridized carbons (Fsp3) is 0.158. The van der Waals surface area contributed by atoms with E-state index in [4.69, 9.17) is 0 Å². The lowest BCUT2D eigenvalue weighted by Crippen LogP contribution is -2.15. The molecule has 0 spiro atoms. The molecule has 4 aromatic rings. The Morgan fingerprint density at radius 2 is 1.84 bits per heavy atom. The molecule has 0 aliphatic rings. The predicted molar refractivity (Wildman–Crippen MR) is 109 cm³/mol.